The van der Waals surface area contributed by atoms with Crippen molar-refractivity contribution in [3.63, 3.8) is 0 Å². The number of hydrogen-bond acceptors (Lipinski definition) is 7. The van der Waals surface area contributed by atoms with Gasteiger partial charge >= 0.3 is 12.1 Å². The molecule has 0 atom stereocenters. The molecule has 96 valence electrons. The summed E-state index contributed by atoms with van der Waals surface area (Å²) in [5, 5.41) is 0. The van der Waals surface area contributed by atoms with Crippen LogP contribution in [0.2, 0.25) is 0 Å². The van der Waals surface area contributed by atoms with Crippen molar-refractivity contribution in [2.45, 2.75) is 6.10 Å². The van der Waals surface area contributed by atoms with Gasteiger partial charge in [0.2, 0.25) is 0 Å². The van der Waals surface area contributed by atoms with Gasteiger partial charge in [-0.25, -0.2) is 9.59 Å². The van der Waals surface area contributed by atoms with Crippen molar-refractivity contribution < 1.29 is 33.3 Å². The molecule has 1 aliphatic rings. The maximum Gasteiger partial charge on any atom is 0.508 e. The van der Waals surface area contributed by atoms with Crippen LogP contribution in [0, 0.1) is 0 Å². The Hall–Kier alpha value is -1.60. The van der Waals surface area contributed by atoms with Crippen LogP contribution in [-0.4, -0.2) is 51.4 Å². The average molecular weight is 246 g/mol. The van der Waals surface area contributed by atoms with Gasteiger partial charge in [-0.1, -0.05) is 6.58 Å². The fraction of sp³-hybridized carbons (Fsp3) is 0.600. The highest BCUT2D eigenvalue weighted by Crippen LogP contribution is 2.03. The third kappa shape index (κ3) is 5.88. The molecule has 1 saturated heterocycles. The first kappa shape index (κ1) is 13.5. The second kappa shape index (κ2) is 7.64. The predicted octanol–water partition coefficient (Wildman–Crippen LogP) is 0.242. The van der Waals surface area contributed by atoms with E-state index in [0.717, 1.165) is 6.08 Å². The summed E-state index contributed by atoms with van der Waals surface area (Å²) in [7, 11) is 0. The van der Waals surface area contributed by atoms with E-state index in [-0.39, 0.29) is 33.2 Å². The summed E-state index contributed by atoms with van der Waals surface area (Å²) in [4.78, 5) is 21.7. The highest BCUT2D eigenvalue weighted by molar-refractivity contribution is 5.81. The Morgan fingerprint density at radius 1 is 1.24 bits per heavy atom. The largest absolute Gasteiger partial charge is 0.508 e. The van der Waals surface area contributed by atoms with Crippen molar-refractivity contribution in [3.8, 4) is 0 Å². The Balaban J connectivity index is 2.04. The molecule has 0 aliphatic carbocycles. The van der Waals surface area contributed by atoms with Gasteiger partial charge in [0.25, 0.3) is 0 Å². The van der Waals surface area contributed by atoms with Crippen LogP contribution in [0.4, 0.5) is 4.79 Å². The number of ether oxygens (including phenoxy) is 5. The number of esters is 1. The first-order chi connectivity index (χ1) is 8.22. The van der Waals surface area contributed by atoms with E-state index in [1.165, 1.54) is 0 Å². The summed E-state index contributed by atoms with van der Waals surface area (Å²) >= 11 is 0. The van der Waals surface area contributed by atoms with E-state index < -0.39 is 18.2 Å². The fourth-order valence-corrected chi connectivity index (χ4v) is 1.03. The molecule has 17 heavy (non-hydrogen) atoms. The zero-order valence-corrected chi connectivity index (χ0v) is 9.26. The molecule has 0 amide bonds. The quantitative estimate of drug-likeness (QED) is 0.390. The van der Waals surface area contributed by atoms with E-state index >= 15 is 0 Å². The molecule has 0 spiro atoms. The summed E-state index contributed by atoms with van der Waals surface area (Å²) in [6.07, 6.45) is -0.291. The molecule has 0 radical (unpaired) electrons. The lowest BCUT2D eigenvalue weighted by atomic mass is 10.4. The van der Waals surface area contributed by atoms with E-state index in [2.05, 4.69) is 16.1 Å². The lowest BCUT2D eigenvalue weighted by Crippen LogP contribution is -2.33. The Morgan fingerprint density at radius 3 is 2.53 bits per heavy atom. The van der Waals surface area contributed by atoms with Crippen LogP contribution < -0.4 is 0 Å². The number of rotatable bonds is 5. The third-order valence-electron chi connectivity index (χ3n) is 1.75. The van der Waals surface area contributed by atoms with Crippen LogP contribution in [0.15, 0.2) is 12.7 Å². The van der Waals surface area contributed by atoms with Gasteiger partial charge in [0, 0.05) is 6.08 Å². The van der Waals surface area contributed by atoms with Gasteiger partial charge in [0.1, 0.15) is 20.0 Å². The monoisotopic (exact) mass is 246 g/mol. The van der Waals surface area contributed by atoms with E-state index in [4.69, 9.17) is 14.2 Å². The van der Waals surface area contributed by atoms with E-state index in [9.17, 15) is 9.59 Å². The molecule has 0 unspecified atom stereocenters. The molecular weight excluding hydrogens is 232 g/mol. The highest BCUT2D eigenvalue weighted by Gasteiger charge is 2.19. The van der Waals surface area contributed by atoms with E-state index in [1.54, 1.807) is 0 Å². The van der Waals surface area contributed by atoms with Crippen molar-refractivity contribution in [2.75, 3.05) is 33.2 Å². The minimum absolute atomic E-state index is 0.0440. The topological polar surface area (TPSA) is 80.3 Å². The summed E-state index contributed by atoms with van der Waals surface area (Å²) in [5.41, 5.74) is 0. The van der Waals surface area contributed by atoms with Crippen LogP contribution in [0.1, 0.15) is 0 Å². The first-order valence-corrected chi connectivity index (χ1v) is 5.00. The SMILES string of the molecule is C=CC(=O)OCCOC(=O)OC1COCOC1. The molecule has 1 heterocycles. The molecule has 7 heteroatoms. The van der Waals surface area contributed by atoms with E-state index in [1.807, 2.05) is 0 Å². The molecule has 1 fully saturated rings. The molecule has 0 aromatic carbocycles. The first-order valence-electron chi connectivity index (χ1n) is 5.00. The number of carbonyl (C=O) groups excluding carboxylic acids is 2. The molecule has 0 N–H and O–H groups in total. The zero-order valence-electron chi connectivity index (χ0n) is 9.26. The summed E-state index contributed by atoms with van der Waals surface area (Å²) in [5.74, 6) is -0.573. The van der Waals surface area contributed by atoms with Crippen molar-refractivity contribution in [3.05, 3.63) is 12.7 Å². The van der Waals surface area contributed by atoms with Crippen LogP contribution in [-0.2, 0) is 28.5 Å². The Bertz CT molecular complexity index is 270. The van der Waals surface area contributed by atoms with Gasteiger partial charge in [-0.05, 0) is 0 Å². The van der Waals surface area contributed by atoms with Crippen LogP contribution in [0.5, 0.6) is 0 Å². The van der Waals surface area contributed by atoms with Crippen molar-refractivity contribution in [1.82, 2.24) is 0 Å². The zero-order chi connectivity index (χ0) is 12.5. The van der Waals surface area contributed by atoms with Crippen molar-refractivity contribution in [2.24, 2.45) is 0 Å². The van der Waals surface area contributed by atoms with Crippen molar-refractivity contribution >= 4 is 12.1 Å². The number of carbonyl (C=O) groups is 2. The molecule has 0 saturated carbocycles. The van der Waals surface area contributed by atoms with Gasteiger partial charge in [-0.2, -0.15) is 0 Å². The molecule has 7 nitrogen and oxygen atoms in total. The smallest absolute Gasteiger partial charge is 0.459 e. The van der Waals surface area contributed by atoms with Crippen LogP contribution in [0.3, 0.4) is 0 Å². The Kier molecular flexibility index (Phi) is 6.05. The third-order valence-corrected chi connectivity index (χ3v) is 1.75. The Morgan fingerprint density at radius 2 is 1.88 bits per heavy atom. The molecule has 1 aliphatic heterocycles. The minimum Gasteiger partial charge on any atom is -0.459 e. The maximum absolute atomic E-state index is 11.1. The minimum atomic E-state index is -0.848. The summed E-state index contributed by atoms with van der Waals surface area (Å²) < 4.78 is 23.9. The standard InChI is InChI=1S/C10H14O7/c1-2-9(11)15-3-4-16-10(12)17-8-5-13-7-14-6-8/h2,8H,1,3-7H2. The molecule has 1 rings (SSSR count). The predicted molar refractivity (Wildman–Crippen MR) is 54.1 cm³/mol. The van der Waals surface area contributed by atoms with Crippen molar-refractivity contribution in [1.29, 1.82) is 0 Å². The average Bonchev–Trinajstić information content (AvgIpc) is 2.35. The molecular formula is C10H14O7. The van der Waals surface area contributed by atoms with Gasteiger partial charge in [0.05, 0.1) is 13.2 Å². The Labute approximate surface area is 98.2 Å². The number of hydrogen-bond donors (Lipinski definition) is 0. The normalized spacial score (nSPS) is 16.0. The fourth-order valence-electron chi connectivity index (χ4n) is 1.03. The van der Waals surface area contributed by atoms with Gasteiger partial charge in [-0.3, -0.25) is 0 Å². The lowest BCUT2D eigenvalue weighted by molar-refractivity contribution is -0.158. The van der Waals surface area contributed by atoms with Gasteiger partial charge in [-0.15, -0.1) is 0 Å². The van der Waals surface area contributed by atoms with Crippen LogP contribution in [0.25, 0.3) is 0 Å². The lowest BCUT2D eigenvalue weighted by Gasteiger charge is -2.21. The second-order valence-electron chi connectivity index (χ2n) is 3.07. The van der Waals surface area contributed by atoms with Gasteiger partial charge in [0.15, 0.2) is 6.10 Å². The van der Waals surface area contributed by atoms with Gasteiger partial charge < -0.3 is 23.7 Å². The maximum atomic E-state index is 11.1. The summed E-state index contributed by atoms with van der Waals surface area (Å²) in [6, 6.07) is 0. The molecule has 0 aromatic rings. The van der Waals surface area contributed by atoms with E-state index in [0.29, 0.717) is 0 Å². The highest BCUT2D eigenvalue weighted by atomic mass is 16.8. The van der Waals surface area contributed by atoms with Crippen LogP contribution >= 0.6 is 0 Å². The molecule has 0 aromatic heterocycles. The second-order valence-corrected chi connectivity index (χ2v) is 3.07. The molecule has 0 bridgehead atoms. The summed E-state index contributed by atoms with van der Waals surface area (Å²) in [6.45, 7) is 3.85.